The van der Waals surface area contributed by atoms with E-state index in [2.05, 4.69) is 14.7 Å². The van der Waals surface area contributed by atoms with Gasteiger partial charge in [-0.25, -0.2) is 14.8 Å². The van der Waals surface area contributed by atoms with Gasteiger partial charge in [0.1, 0.15) is 0 Å². The SMILES string of the molecule is COC(=O)c1ncc(N)cn1.Cl. The monoisotopic (exact) mass is 189 g/mol. The zero-order chi connectivity index (χ0) is 8.27. The quantitative estimate of drug-likeness (QED) is 0.642. The van der Waals surface area contributed by atoms with Crippen molar-refractivity contribution in [3.63, 3.8) is 0 Å². The van der Waals surface area contributed by atoms with Crippen molar-refractivity contribution in [1.82, 2.24) is 9.97 Å². The summed E-state index contributed by atoms with van der Waals surface area (Å²) in [6.45, 7) is 0. The second-order valence-corrected chi connectivity index (χ2v) is 1.83. The van der Waals surface area contributed by atoms with E-state index in [-0.39, 0.29) is 18.2 Å². The van der Waals surface area contributed by atoms with Crippen molar-refractivity contribution in [1.29, 1.82) is 0 Å². The largest absolute Gasteiger partial charge is 0.463 e. The normalized spacial score (nSPS) is 8.42. The number of carbonyl (C=O) groups excluding carboxylic acids is 1. The van der Waals surface area contributed by atoms with E-state index in [0.29, 0.717) is 5.69 Å². The van der Waals surface area contributed by atoms with E-state index in [4.69, 9.17) is 5.73 Å². The number of hydrogen-bond donors (Lipinski definition) is 1. The number of nitrogen functional groups attached to an aromatic ring is 1. The maximum Gasteiger partial charge on any atom is 0.376 e. The summed E-state index contributed by atoms with van der Waals surface area (Å²) in [7, 11) is 1.27. The van der Waals surface area contributed by atoms with Crippen LogP contribution in [-0.4, -0.2) is 23.0 Å². The molecule has 0 fully saturated rings. The first kappa shape index (κ1) is 10.6. The molecule has 2 N–H and O–H groups in total. The van der Waals surface area contributed by atoms with E-state index in [1.807, 2.05) is 0 Å². The molecule has 0 spiro atoms. The average Bonchev–Trinajstić information content (AvgIpc) is 2.05. The van der Waals surface area contributed by atoms with Crippen LogP contribution < -0.4 is 5.73 Å². The Bertz CT molecular complexity index is 262. The van der Waals surface area contributed by atoms with E-state index < -0.39 is 5.97 Å². The summed E-state index contributed by atoms with van der Waals surface area (Å²) in [5, 5.41) is 0. The Hall–Kier alpha value is -1.36. The Labute approximate surface area is 75.4 Å². The molecule has 0 atom stereocenters. The lowest BCUT2D eigenvalue weighted by atomic mass is 10.5. The highest BCUT2D eigenvalue weighted by Crippen LogP contribution is 1.96. The van der Waals surface area contributed by atoms with E-state index in [9.17, 15) is 4.79 Å². The molecule has 12 heavy (non-hydrogen) atoms. The molecule has 0 aliphatic heterocycles. The lowest BCUT2D eigenvalue weighted by Crippen LogP contribution is -2.07. The molecule has 5 nitrogen and oxygen atoms in total. The molecule has 1 rings (SSSR count). The van der Waals surface area contributed by atoms with Crippen molar-refractivity contribution < 1.29 is 9.53 Å². The highest BCUT2D eigenvalue weighted by Gasteiger charge is 2.06. The van der Waals surface area contributed by atoms with E-state index in [1.165, 1.54) is 19.5 Å². The summed E-state index contributed by atoms with van der Waals surface area (Å²) < 4.78 is 4.37. The summed E-state index contributed by atoms with van der Waals surface area (Å²) in [6.07, 6.45) is 2.69. The van der Waals surface area contributed by atoms with Crippen LogP contribution in [0.2, 0.25) is 0 Å². The van der Waals surface area contributed by atoms with Gasteiger partial charge in [0.15, 0.2) is 0 Å². The fourth-order valence-electron chi connectivity index (χ4n) is 0.535. The highest BCUT2D eigenvalue weighted by molar-refractivity contribution is 5.85. The second-order valence-electron chi connectivity index (χ2n) is 1.83. The molecule has 0 aliphatic carbocycles. The summed E-state index contributed by atoms with van der Waals surface area (Å²) in [6, 6.07) is 0. The number of anilines is 1. The van der Waals surface area contributed by atoms with Crippen molar-refractivity contribution >= 4 is 24.1 Å². The lowest BCUT2D eigenvalue weighted by Gasteiger charge is -1.95. The predicted molar refractivity (Wildman–Crippen MR) is 45.0 cm³/mol. The highest BCUT2D eigenvalue weighted by atomic mass is 35.5. The lowest BCUT2D eigenvalue weighted by molar-refractivity contribution is 0.0587. The minimum atomic E-state index is -0.565. The molecule has 0 radical (unpaired) electrons. The summed E-state index contributed by atoms with van der Waals surface area (Å²) in [5.74, 6) is -0.549. The van der Waals surface area contributed by atoms with Crippen molar-refractivity contribution in [3.05, 3.63) is 18.2 Å². The van der Waals surface area contributed by atoms with E-state index in [1.54, 1.807) is 0 Å². The van der Waals surface area contributed by atoms with Crippen LogP contribution in [-0.2, 0) is 4.74 Å². The van der Waals surface area contributed by atoms with Crippen LogP contribution in [0.15, 0.2) is 12.4 Å². The fraction of sp³-hybridized carbons (Fsp3) is 0.167. The van der Waals surface area contributed by atoms with Crippen LogP contribution in [0, 0.1) is 0 Å². The minimum absolute atomic E-state index is 0. The first-order valence-corrected chi connectivity index (χ1v) is 2.90. The Morgan fingerprint density at radius 2 is 2.00 bits per heavy atom. The van der Waals surface area contributed by atoms with Gasteiger partial charge >= 0.3 is 5.97 Å². The maximum absolute atomic E-state index is 10.7. The third-order valence-corrected chi connectivity index (χ3v) is 1.04. The van der Waals surface area contributed by atoms with Crippen molar-refractivity contribution in [2.45, 2.75) is 0 Å². The molecule has 6 heteroatoms. The van der Waals surface area contributed by atoms with Crippen LogP contribution in [0.3, 0.4) is 0 Å². The van der Waals surface area contributed by atoms with E-state index >= 15 is 0 Å². The standard InChI is InChI=1S/C6H7N3O2.ClH/c1-11-6(10)5-8-2-4(7)3-9-5;/h2-3H,7H2,1H3;1H. The number of carbonyl (C=O) groups is 1. The Kier molecular flexibility index (Phi) is 3.99. The number of rotatable bonds is 1. The summed E-state index contributed by atoms with van der Waals surface area (Å²) >= 11 is 0. The van der Waals surface area contributed by atoms with Crippen LogP contribution in [0.1, 0.15) is 10.6 Å². The van der Waals surface area contributed by atoms with Gasteiger partial charge in [-0.2, -0.15) is 0 Å². The molecule has 1 aromatic rings. The first-order valence-electron chi connectivity index (χ1n) is 2.90. The number of aromatic nitrogens is 2. The summed E-state index contributed by atoms with van der Waals surface area (Å²) in [5.41, 5.74) is 5.71. The van der Waals surface area contributed by atoms with Crippen LogP contribution in [0.5, 0.6) is 0 Å². The molecular weight excluding hydrogens is 182 g/mol. The number of nitrogens with two attached hydrogens (primary N) is 1. The predicted octanol–water partition coefficient (Wildman–Crippen LogP) is 0.267. The molecule has 0 unspecified atom stereocenters. The molecule has 0 aliphatic rings. The average molecular weight is 190 g/mol. The number of esters is 1. The van der Waals surface area contributed by atoms with Gasteiger partial charge in [-0.3, -0.25) is 0 Å². The third-order valence-electron chi connectivity index (χ3n) is 1.04. The van der Waals surface area contributed by atoms with Crippen LogP contribution in [0.25, 0.3) is 0 Å². The number of nitrogens with zero attached hydrogens (tertiary/aromatic N) is 2. The second kappa shape index (κ2) is 4.50. The van der Waals surface area contributed by atoms with Crippen molar-refractivity contribution in [3.8, 4) is 0 Å². The molecule has 0 saturated carbocycles. The van der Waals surface area contributed by atoms with Gasteiger partial charge in [-0.15, -0.1) is 12.4 Å². The van der Waals surface area contributed by atoms with Gasteiger partial charge in [0, 0.05) is 0 Å². The van der Waals surface area contributed by atoms with Gasteiger partial charge in [-0.1, -0.05) is 0 Å². The topological polar surface area (TPSA) is 78.1 Å². The molecule has 0 aromatic carbocycles. The third kappa shape index (κ3) is 2.35. The van der Waals surface area contributed by atoms with E-state index in [0.717, 1.165) is 0 Å². The minimum Gasteiger partial charge on any atom is -0.463 e. The zero-order valence-corrected chi connectivity index (χ0v) is 7.17. The molecule has 1 heterocycles. The van der Waals surface area contributed by atoms with Gasteiger partial charge in [0.2, 0.25) is 5.82 Å². The molecule has 0 saturated heterocycles. The maximum atomic E-state index is 10.7. The first-order chi connectivity index (χ1) is 5.24. The Balaban J connectivity index is 0.00000121. The Morgan fingerprint density at radius 3 is 2.42 bits per heavy atom. The number of ether oxygens (including phenoxy) is 1. The van der Waals surface area contributed by atoms with Gasteiger partial charge in [0.05, 0.1) is 25.2 Å². The Morgan fingerprint density at radius 1 is 1.50 bits per heavy atom. The van der Waals surface area contributed by atoms with Crippen molar-refractivity contribution in [2.24, 2.45) is 0 Å². The molecule has 0 amide bonds. The fourth-order valence-corrected chi connectivity index (χ4v) is 0.535. The number of methoxy groups -OCH3 is 1. The smallest absolute Gasteiger partial charge is 0.376 e. The summed E-state index contributed by atoms with van der Waals surface area (Å²) in [4.78, 5) is 18.0. The van der Waals surface area contributed by atoms with Crippen LogP contribution >= 0.6 is 12.4 Å². The number of hydrogen-bond acceptors (Lipinski definition) is 5. The number of halogens is 1. The molecule has 66 valence electrons. The van der Waals surface area contributed by atoms with Gasteiger partial charge in [0.25, 0.3) is 0 Å². The zero-order valence-electron chi connectivity index (χ0n) is 6.35. The van der Waals surface area contributed by atoms with Gasteiger partial charge < -0.3 is 10.5 Å². The van der Waals surface area contributed by atoms with Gasteiger partial charge in [-0.05, 0) is 0 Å². The molecular formula is C6H8ClN3O2. The van der Waals surface area contributed by atoms with Crippen LogP contribution in [0.4, 0.5) is 5.69 Å². The van der Waals surface area contributed by atoms with Crippen molar-refractivity contribution in [2.75, 3.05) is 12.8 Å². The molecule has 0 bridgehead atoms. The molecule has 1 aromatic heterocycles.